The van der Waals surface area contributed by atoms with Crippen molar-refractivity contribution in [3.8, 4) is 34.4 Å². The molecular formula is C50H60Cl4N8O6Si2. The van der Waals surface area contributed by atoms with E-state index in [0.29, 0.717) is 66.4 Å². The minimum absolute atomic E-state index is 0.00724. The molecule has 0 aliphatic heterocycles. The lowest BCUT2D eigenvalue weighted by Gasteiger charge is -2.40. The van der Waals surface area contributed by atoms with Gasteiger partial charge in [0.2, 0.25) is 34.9 Å². The molecule has 4 aromatic carbocycles. The minimum Gasteiger partial charge on any atom is -0.543 e. The monoisotopic (exact) mass is 1060 g/mol. The van der Waals surface area contributed by atoms with Crippen LogP contribution in [0.5, 0.6) is 11.5 Å². The fourth-order valence-corrected chi connectivity index (χ4v) is 9.71. The number of benzene rings is 4. The van der Waals surface area contributed by atoms with E-state index in [1.165, 1.54) is 12.1 Å². The third-order valence-corrected chi connectivity index (χ3v) is 23.3. The van der Waals surface area contributed by atoms with Gasteiger partial charge in [-0.15, -0.1) is 20.4 Å². The second-order valence-electron chi connectivity index (χ2n) is 20.0. The molecule has 0 bridgehead atoms. The Balaban J connectivity index is 0.000000282. The van der Waals surface area contributed by atoms with Crippen LogP contribution >= 0.6 is 46.4 Å². The molecule has 2 heterocycles. The van der Waals surface area contributed by atoms with Crippen molar-refractivity contribution in [3.05, 3.63) is 126 Å². The van der Waals surface area contributed by atoms with Crippen molar-refractivity contribution >= 4 is 85.8 Å². The average Bonchev–Trinajstić information content (AvgIpc) is 3.97. The first-order chi connectivity index (χ1) is 32.5. The van der Waals surface area contributed by atoms with Gasteiger partial charge >= 0.3 is 0 Å². The number of nitrogens with zero attached hydrogens (tertiary/aromatic N) is 6. The number of anilines is 2. The maximum Gasteiger partial charge on any atom is 0.250 e. The molecule has 70 heavy (non-hydrogen) atoms. The number of rotatable bonds is 14. The molecular weight excluding hydrogens is 1010 g/mol. The van der Waals surface area contributed by atoms with Gasteiger partial charge in [0.15, 0.2) is 8.32 Å². The lowest BCUT2D eigenvalue weighted by Crippen LogP contribution is -2.45. The Kier molecular flexibility index (Phi) is 17.6. The van der Waals surface area contributed by atoms with Gasteiger partial charge in [-0.1, -0.05) is 100 Å². The lowest BCUT2D eigenvalue weighted by molar-refractivity contribution is 0.159. The van der Waals surface area contributed by atoms with Gasteiger partial charge in [-0.2, -0.15) is 0 Å². The number of phenolic OH excluding ortho intramolecular Hbond substituents is 1. The Bertz CT molecular complexity index is 2920. The number of aromatic hydroxyl groups is 1. The van der Waals surface area contributed by atoms with Gasteiger partial charge in [0.1, 0.15) is 23.6 Å². The number of hydrogen-bond donors (Lipinski definition) is 4. The number of aliphatic hydroxyl groups is 1. The third kappa shape index (κ3) is 12.8. The molecule has 372 valence electrons. The van der Waals surface area contributed by atoms with E-state index in [-0.39, 0.29) is 38.7 Å². The molecule has 0 spiro atoms. The van der Waals surface area contributed by atoms with Gasteiger partial charge in [-0.3, -0.25) is 0 Å². The highest BCUT2D eigenvalue weighted by Gasteiger charge is 2.42. The highest BCUT2D eigenvalue weighted by atomic mass is 35.5. The van der Waals surface area contributed by atoms with Gasteiger partial charge in [0.25, 0.3) is 8.32 Å². The highest BCUT2D eigenvalue weighted by molar-refractivity contribution is 6.75. The summed E-state index contributed by atoms with van der Waals surface area (Å²) in [4.78, 5) is 6.88. The number of phenols is 1. The molecule has 20 heteroatoms. The second-order valence-corrected chi connectivity index (χ2v) is 31.1. The molecule has 0 radical (unpaired) electrons. The summed E-state index contributed by atoms with van der Waals surface area (Å²) in [6.45, 7) is 43.7. The van der Waals surface area contributed by atoms with Gasteiger partial charge in [-0.25, -0.2) is 9.69 Å². The van der Waals surface area contributed by atoms with Crippen LogP contribution in [0.3, 0.4) is 0 Å². The smallest absolute Gasteiger partial charge is 0.250 e. The summed E-state index contributed by atoms with van der Waals surface area (Å²) in [5.41, 5.74) is 4.81. The molecule has 4 atom stereocenters. The summed E-state index contributed by atoms with van der Waals surface area (Å²) in [6, 6.07) is 15.7. The van der Waals surface area contributed by atoms with Gasteiger partial charge < -0.3 is 38.5 Å². The van der Waals surface area contributed by atoms with Crippen LogP contribution in [0.4, 0.5) is 22.7 Å². The van der Waals surface area contributed by atoms with Crippen LogP contribution in [0.2, 0.25) is 56.4 Å². The maximum atomic E-state index is 10.2. The van der Waals surface area contributed by atoms with E-state index in [2.05, 4.69) is 108 Å². The van der Waals surface area contributed by atoms with Crippen molar-refractivity contribution in [1.29, 1.82) is 0 Å². The van der Waals surface area contributed by atoms with Gasteiger partial charge in [-0.05, 0) is 124 Å². The molecule has 0 saturated carbocycles. The molecule has 4 N–H and O–H groups in total. The second kappa shape index (κ2) is 22.1. The number of halogens is 4. The van der Waals surface area contributed by atoms with Crippen LogP contribution in [-0.2, 0) is 4.43 Å². The Morgan fingerprint density at radius 1 is 0.643 bits per heavy atom. The van der Waals surface area contributed by atoms with Gasteiger partial charge in [0, 0.05) is 22.5 Å². The van der Waals surface area contributed by atoms with Crippen LogP contribution < -0.4 is 15.1 Å². The van der Waals surface area contributed by atoms with Crippen molar-refractivity contribution in [2.24, 2.45) is 0 Å². The number of aliphatic hydroxyl groups excluding tert-OH is 1. The SMILES string of the molecule is [C-]#[N+]c1ccc(N[C@@H](c2nnc(-c3ccc(O)c(Cl)c3)o2)[C@H](C)O)c(C)c1Cl.[C-]#[N+]c1ccc(N[C@@H](c2nnc(-c3ccc(O[Si](C)(C)C(C)(C)C)c(Cl)c3)o2)[C@H](C)O[Si](C)(C)C(C)(C)C)c(C)c1Cl. The van der Waals surface area contributed by atoms with Crippen LogP contribution in [0.1, 0.15) is 90.4 Å². The van der Waals surface area contributed by atoms with E-state index in [1.807, 2.05) is 32.0 Å². The number of nitrogens with one attached hydrogen (secondary N) is 2. The Morgan fingerprint density at radius 3 is 1.51 bits per heavy atom. The predicted octanol–water partition coefficient (Wildman–Crippen LogP) is 16.0. The predicted molar refractivity (Wildman–Crippen MR) is 286 cm³/mol. The summed E-state index contributed by atoms with van der Waals surface area (Å²) < 4.78 is 25.2. The minimum atomic E-state index is -2.15. The first-order valence-corrected chi connectivity index (χ1v) is 29.7. The molecule has 0 amide bonds. The van der Waals surface area contributed by atoms with Crippen molar-refractivity contribution < 1.29 is 27.9 Å². The van der Waals surface area contributed by atoms with E-state index in [4.69, 9.17) is 77.2 Å². The van der Waals surface area contributed by atoms with Crippen molar-refractivity contribution in [3.63, 3.8) is 0 Å². The summed E-state index contributed by atoms with van der Waals surface area (Å²) in [7, 11) is -4.21. The van der Waals surface area contributed by atoms with E-state index in [1.54, 1.807) is 44.2 Å². The van der Waals surface area contributed by atoms with Crippen LogP contribution in [0, 0.1) is 27.0 Å². The third-order valence-electron chi connectivity index (χ3n) is 12.8. The topological polar surface area (TPSA) is 170 Å². The fraction of sp³-hybridized carbons (Fsp3) is 0.400. The maximum absolute atomic E-state index is 10.2. The number of hydrogen-bond acceptors (Lipinski definition) is 12. The molecule has 14 nitrogen and oxygen atoms in total. The zero-order valence-corrected chi connectivity index (χ0v) is 46.8. The van der Waals surface area contributed by atoms with E-state index >= 15 is 0 Å². The van der Waals surface area contributed by atoms with Crippen molar-refractivity contribution in [2.75, 3.05) is 10.6 Å². The Morgan fingerprint density at radius 2 is 1.09 bits per heavy atom. The number of aromatic nitrogens is 4. The van der Waals surface area contributed by atoms with E-state index in [9.17, 15) is 10.2 Å². The summed E-state index contributed by atoms with van der Waals surface area (Å²) in [6.07, 6.45) is -1.18. The molecule has 6 aromatic rings. The quantitative estimate of drug-likeness (QED) is 0.0602. The van der Waals surface area contributed by atoms with Crippen LogP contribution in [-0.4, -0.2) is 59.5 Å². The summed E-state index contributed by atoms with van der Waals surface area (Å²) in [5.74, 6) is 1.68. The van der Waals surface area contributed by atoms with Crippen molar-refractivity contribution in [1.82, 2.24) is 20.4 Å². The standard InChI is InChI=1S/C31H44Cl2N4O3Si2.C19H16Cl2N4O3/c1-19-23(15-16-24(34-9)26(19)33)35-27(20(2)39-41(10,11)30(3,4)5)29-37-36-28(38-29)21-14-17-25(22(32)18-21)40-42(12,13)31(6,7)8;1-9-13(5-6-14(22-3)16(9)21)23-17(10(2)26)19-25-24-18(28-19)11-4-7-15(27)12(20)8-11/h14-18,20,27,35H,1-8,10-13H3;4-8,10,17,23,26-27H,1-2H3/t20-,27+;10-,17+/m00/s1. The zero-order valence-electron chi connectivity index (χ0n) is 41.8. The first kappa shape index (κ1) is 55.8. The van der Waals surface area contributed by atoms with Crippen molar-refractivity contribution in [2.45, 2.75) is 130 Å². The first-order valence-electron chi connectivity index (χ1n) is 22.4. The Labute approximate surface area is 432 Å². The average molecular weight is 1070 g/mol. The van der Waals surface area contributed by atoms with Gasteiger partial charge in [0.05, 0.1) is 45.4 Å². The lowest BCUT2D eigenvalue weighted by atomic mass is 10.1. The van der Waals surface area contributed by atoms with E-state index < -0.39 is 34.8 Å². The molecule has 0 aliphatic carbocycles. The largest absolute Gasteiger partial charge is 0.543 e. The molecule has 2 aromatic heterocycles. The molecule has 0 aliphatic rings. The summed E-state index contributed by atoms with van der Waals surface area (Å²) >= 11 is 25.3. The van der Waals surface area contributed by atoms with E-state index in [0.717, 1.165) is 11.3 Å². The molecule has 6 rings (SSSR count). The molecule has 0 fully saturated rings. The normalized spacial score (nSPS) is 13.8. The Hall–Kier alpha value is -5.15. The highest BCUT2D eigenvalue weighted by Crippen LogP contribution is 2.43. The van der Waals surface area contributed by atoms with Crippen LogP contribution in [0.15, 0.2) is 69.5 Å². The van der Waals surface area contributed by atoms with Crippen LogP contribution in [0.25, 0.3) is 32.6 Å². The zero-order chi connectivity index (χ0) is 52.3. The summed E-state index contributed by atoms with van der Waals surface area (Å²) in [5, 5.41) is 44.7. The fourth-order valence-electron chi connectivity index (χ4n) is 6.38. The molecule has 0 unspecified atom stereocenters. The molecule has 0 saturated heterocycles.